The average Bonchev–Trinajstić information content (AvgIpc) is 2.51. The van der Waals surface area contributed by atoms with Crippen molar-refractivity contribution in [1.29, 1.82) is 0 Å². The number of rotatable bonds is 6. The predicted octanol–water partition coefficient (Wildman–Crippen LogP) is 2.79. The van der Waals surface area contributed by atoms with Crippen molar-refractivity contribution >= 4 is 35.0 Å². The Bertz CT molecular complexity index is 717. The minimum absolute atomic E-state index is 0.227. The van der Waals surface area contributed by atoms with Gasteiger partial charge in [0.05, 0.1) is 0 Å². The van der Waals surface area contributed by atoms with Crippen molar-refractivity contribution in [3.8, 4) is 5.75 Å². The van der Waals surface area contributed by atoms with Crippen molar-refractivity contribution < 1.29 is 19.8 Å². The second kappa shape index (κ2) is 7.55. The van der Waals surface area contributed by atoms with Crippen molar-refractivity contribution in [3.63, 3.8) is 0 Å². The lowest BCUT2D eigenvalue weighted by atomic mass is 10.2. The molecular formula is C16H16N2O4S. The zero-order valence-electron chi connectivity index (χ0n) is 12.2. The predicted molar refractivity (Wildman–Crippen MR) is 89.9 cm³/mol. The van der Waals surface area contributed by atoms with Crippen molar-refractivity contribution in [3.05, 3.63) is 48.0 Å². The van der Waals surface area contributed by atoms with E-state index in [1.807, 2.05) is 12.1 Å². The molecule has 5 N–H and O–H groups in total. The van der Waals surface area contributed by atoms with Gasteiger partial charge in [0.2, 0.25) is 5.91 Å². The highest BCUT2D eigenvalue weighted by Gasteiger charge is 2.11. The lowest BCUT2D eigenvalue weighted by Gasteiger charge is -2.07. The summed E-state index contributed by atoms with van der Waals surface area (Å²) in [5.41, 5.74) is 6.37. The fourth-order valence-corrected chi connectivity index (χ4v) is 2.69. The number of carbonyl (C=O) groups excluding carboxylic acids is 1. The molecule has 0 heterocycles. The molecule has 23 heavy (non-hydrogen) atoms. The van der Waals surface area contributed by atoms with Gasteiger partial charge in [0.15, 0.2) is 0 Å². The first-order valence-corrected chi connectivity index (χ1v) is 7.79. The second-order valence-corrected chi connectivity index (χ2v) is 5.92. The molecule has 0 aliphatic heterocycles. The molecule has 2 aromatic carbocycles. The number of nitrogens with two attached hydrogens (primary N) is 1. The number of hydrogen-bond donors (Lipinski definition) is 4. The average molecular weight is 332 g/mol. The van der Waals surface area contributed by atoms with Gasteiger partial charge in [-0.3, -0.25) is 4.79 Å². The molecule has 0 unspecified atom stereocenters. The van der Waals surface area contributed by atoms with E-state index >= 15 is 0 Å². The SMILES string of the molecule is Nc1ccc(SCCC(=O)Nc2ccc(O)c(C(=O)O)c2)cc1. The Kier molecular flexibility index (Phi) is 5.48. The van der Waals surface area contributed by atoms with Gasteiger partial charge in [-0.05, 0) is 42.5 Å². The molecule has 2 rings (SSSR count). The van der Waals surface area contributed by atoms with Gasteiger partial charge in [-0.15, -0.1) is 11.8 Å². The van der Waals surface area contributed by atoms with Gasteiger partial charge in [-0.1, -0.05) is 0 Å². The van der Waals surface area contributed by atoms with Crippen LogP contribution in [-0.2, 0) is 4.79 Å². The molecule has 0 saturated carbocycles. The van der Waals surface area contributed by atoms with Crippen LogP contribution in [0.5, 0.6) is 5.75 Å². The van der Waals surface area contributed by atoms with E-state index in [2.05, 4.69) is 5.32 Å². The minimum atomic E-state index is -1.25. The maximum atomic E-state index is 11.9. The van der Waals surface area contributed by atoms with Gasteiger partial charge in [0.1, 0.15) is 11.3 Å². The summed E-state index contributed by atoms with van der Waals surface area (Å²) in [7, 11) is 0. The smallest absolute Gasteiger partial charge is 0.339 e. The standard InChI is InChI=1S/C16H16N2O4S/c17-10-1-4-12(5-2-10)23-8-7-15(20)18-11-3-6-14(19)13(9-11)16(21)22/h1-6,9,19H,7-8,17H2,(H,18,20)(H,21,22). The number of amides is 1. The molecule has 1 amide bonds. The summed E-state index contributed by atoms with van der Waals surface area (Å²) in [4.78, 5) is 23.8. The van der Waals surface area contributed by atoms with E-state index in [9.17, 15) is 14.7 Å². The van der Waals surface area contributed by atoms with Gasteiger partial charge >= 0.3 is 5.97 Å². The first-order chi connectivity index (χ1) is 11.0. The topological polar surface area (TPSA) is 113 Å². The van der Waals surface area contributed by atoms with E-state index in [4.69, 9.17) is 10.8 Å². The second-order valence-electron chi connectivity index (χ2n) is 4.75. The monoisotopic (exact) mass is 332 g/mol. The van der Waals surface area contributed by atoms with Gasteiger partial charge in [0.25, 0.3) is 0 Å². The lowest BCUT2D eigenvalue weighted by Crippen LogP contribution is -2.12. The summed E-state index contributed by atoms with van der Waals surface area (Å²) in [6.45, 7) is 0. The quantitative estimate of drug-likeness (QED) is 0.367. The van der Waals surface area contributed by atoms with E-state index in [0.29, 0.717) is 17.1 Å². The number of carboxylic acid groups (broad SMARTS) is 1. The molecule has 2 aromatic rings. The number of aromatic carboxylic acids is 1. The first-order valence-electron chi connectivity index (χ1n) is 6.80. The van der Waals surface area contributed by atoms with Crippen LogP contribution >= 0.6 is 11.8 Å². The van der Waals surface area contributed by atoms with Crippen LogP contribution in [0.1, 0.15) is 16.8 Å². The molecule has 0 atom stereocenters. The number of anilines is 2. The first kappa shape index (κ1) is 16.7. The summed E-state index contributed by atoms with van der Waals surface area (Å²) >= 11 is 1.53. The van der Waals surface area contributed by atoms with Crippen molar-refractivity contribution in [2.45, 2.75) is 11.3 Å². The molecule has 6 nitrogen and oxygen atoms in total. The van der Waals surface area contributed by atoms with Crippen molar-refractivity contribution in [2.75, 3.05) is 16.8 Å². The number of hydrogen-bond acceptors (Lipinski definition) is 5. The Balaban J connectivity index is 1.86. The van der Waals surface area contributed by atoms with E-state index in [0.717, 1.165) is 4.90 Å². The van der Waals surface area contributed by atoms with E-state index in [1.165, 1.54) is 30.0 Å². The zero-order valence-corrected chi connectivity index (χ0v) is 13.0. The lowest BCUT2D eigenvalue weighted by molar-refractivity contribution is -0.115. The number of carboxylic acids is 1. The number of thioether (sulfide) groups is 1. The molecule has 0 aliphatic rings. The van der Waals surface area contributed by atoms with E-state index in [-0.39, 0.29) is 23.6 Å². The molecule has 0 aromatic heterocycles. The molecule has 120 valence electrons. The van der Waals surface area contributed by atoms with Crippen LogP contribution < -0.4 is 11.1 Å². The Morgan fingerprint density at radius 3 is 2.48 bits per heavy atom. The number of benzene rings is 2. The summed E-state index contributed by atoms with van der Waals surface area (Å²) in [5.74, 6) is -1.23. The van der Waals surface area contributed by atoms with Gasteiger partial charge < -0.3 is 21.3 Å². The van der Waals surface area contributed by atoms with Crippen LogP contribution in [0.3, 0.4) is 0 Å². The zero-order chi connectivity index (χ0) is 16.8. The third kappa shape index (κ3) is 4.93. The molecular weight excluding hydrogens is 316 g/mol. The third-order valence-corrected chi connectivity index (χ3v) is 4.00. The van der Waals surface area contributed by atoms with Crippen LogP contribution in [-0.4, -0.2) is 27.8 Å². The number of carbonyl (C=O) groups is 2. The highest BCUT2D eigenvalue weighted by atomic mass is 32.2. The molecule has 0 radical (unpaired) electrons. The highest BCUT2D eigenvalue weighted by molar-refractivity contribution is 7.99. The third-order valence-electron chi connectivity index (χ3n) is 2.99. The Morgan fingerprint density at radius 1 is 1.13 bits per heavy atom. The number of aromatic hydroxyl groups is 1. The molecule has 7 heteroatoms. The maximum Gasteiger partial charge on any atom is 0.339 e. The summed E-state index contributed by atoms with van der Waals surface area (Å²) in [6.07, 6.45) is 0.276. The van der Waals surface area contributed by atoms with Gasteiger partial charge in [-0.25, -0.2) is 4.79 Å². The fraction of sp³-hybridized carbons (Fsp3) is 0.125. The van der Waals surface area contributed by atoms with Crippen LogP contribution in [0, 0.1) is 0 Å². The maximum absolute atomic E-state index is 11.9. The minimum Gasteiger partial charge on any atom is -0.507 e. The van der Waals surface area contributed by atoms with E-state index < -0.39 is 5.97 Å². The van der Waals surface area contributed by atoms with Crippen molar-refractivity contribution in [2.24, 2.45) is 0 Å². The molecule has 0 aliphatic carbocycles. The van der Waals surface area contributed by atoms with Crippen LogP contribution in [0.2, 0.25) is 0 Å². The number of nitrogens with one attached hydrogen (secondary N) is 1. The van der Waals surface area contributed by atoms with Crippen LogP contribution in [0.15, 0.2) is 47.4 Å². The summed E-state index contributed by atoms with van der Waals surface area (Å²) in [6, 6.07) is 11.3. The normalized spacial score (nSPS) is 10.3. The summed E-state index contributed by atoms with van der Waals surface area (Å²) in [5, 5.41) is 21.0. The fourth-order valence-electron chi connectivity index (χ4n) is 1.83. The largest absolute Gasteiger partial charge is 0.507 e. The molecule has 0 fully saturated rings. The Morgan fingerprint density at radius 2 is 1.83 bits per heavy atom. The van der Waals surface area contributed by atoms with Crippen molar-refractivity contribution in [1.82, 2.24) is 0 Å². The number of phenols is 1. The van der Waals surface area contributed by atoms with Gasteiger partial charge in [-0.2, -0.15) is 0 Å². The highest BCUT2D eigenvalue weighted by Crippen LogP contribution is 2.22. The molecule has 0 spiro atoms. The summed E-state index contributed by atoms with van der Waals surface area (Å²) < 4.78 is 0. The molecule has 0 bridgehead atoms. The Hall–Kier alpha value is -2.67. The van der Waals surface area contributed by atoms with Gasteiger partial charge in [0, 0.05) is 28.4 Å². The number of nitrogen functional groups attached to an aromatic ring is 1. The Labute approximate surface area is 137 Å². The van der Waals surface area contributed by atoms with Crippen LogP contribution in [0.4, 0.5) is 11.4 Å². The molecule has 0 saturated heterocycles. The van der Waals surface area contributed by atoms with E-state index in [1.54, 1.807) is 12.1 Å². The van der Waals surface area contributed by atoms with Crippen LogP contribution in [0.25, 0.3) is 0 Å².